The van der Waals surface area contributed by atoms with Crippen LogP contribution >= 0.6 is 0 Å². The maximum absolute atomic E-state index is 3.39. The van der Waals surface area contributed by atoms with Gasteiger partial charge in [0.25, 0.3) is 6.71 Å². The summed E-state index contributed by atoms with van der Waals surface area (Å²) in [6.45, 7) is 18.5. The van der Waals surface area contributed by atoms with Gasteiger partial charge in [-0.1, -0.05) is 350 Å². The summed E-state index contributed by atoms with van der Waals surface area (Å²) in [7, 11) is -6.78. The first-order valence-electron chi connectivity index (χ1n) is 37.5. The molecule has 2 aliphatic heterocycles. The smallest absolute Gasteiger partial charge is 0.252 e. The summed E-state index contributed by atoms with van der Waals surface area (Å²) in [5.74, 6) is 0. The fourth-order valence-corrected chi connectivity index (χ4v) is 27.7. The number of rotatable bonds is 13. The number of hydrogen-bond donors (Lipinski definition) is 0. The van der Waals surface area contributed by atoms with E-state index in [1.165, 1.54) is 113 Å². The normalized spacial score (nSPS) is 12.8. The van der Waals surface area contributed by atoms with Crippen molar-refractivity contribution >= 4 is 137 Å². The molecule has 0 spiro atoms. The lowest BCUT2D eigenvalue weighted by Gasteiger charge is -2.46. The van der Waals surface area contributed by atoms with Gasteiger partial charge in [-0.05, 0) is 171 Å². The maximum Gasteiger partial charge on any atom is 0.252 e. The first-order chi connectivity index (χ1) is 51.7. The molecule has 0 saturated heterocycles. The van der Waals surface area contributed by atoms with Crippen LogP contribution in [0.5, 0.6) is 0 Å². The number of para-hydroxylation sites is 2. The summed E-state index contributed by atoms with van der Waals surface area (Å²) in [5, 5.41) is 13.0. The Labute approximate surface area is 627 Å². The molecule has 3 heterocycles. The molecule has 0 amide bonds. The van der Waals surface area contributed by atoms with Crippen LogP contribution in [0.3, 0.4) is 0 Å². The number of fused-ring (bicyclic) bond motifs is 7. The number of aryl methyl sites for hydroxylation is 2. The van der Waals surface area contributed by atoms with Gasteiger partial charge in [-0.3, -0.25) is 0 Å². The Morgan fingerprint density at radius 1 is 0.274 bits per heavy atom. The van der Waals surface area contributed by atoms with Crippen LogP contribution in [0, 0.1) is 13.8 Å². The van der Waals surface area contributed by atoms with Crippen LogP contribution in [-0.4, -0.2) is 27.4 Å². The summed E-state index contributed by atoms with van der Waals surface area (Å²) >= 11 is 0. The second kappa shape index (κ2) is 26.1. The van der Waals surface area contributed by atoms with Crippen LogP contribution in [0.15, 0.2) is 364 Å². The minimum absolute atomic E-state index is 0.178. The van der Waals surface area contributed by atoms with Crippen LogP contribution in [0.2, 0.25) is 0 Å². The first-order valence-corrected chi connectivity index (χ1v) is 41.5. The number of benzene rings is 15. The zero-order valence-corrected chi connectivity index (χ0v) is 63.6. The monoisotopic (exact) mass is 1390 g/mol. The molecule has 18 rings (SSSR count). The highest BCUT2D eigenvalue weighted by atomic mass is 28.3. The lowest BCUT2D eigenvalue weighted by atomic mass is 9.33. The highest BCUT2D eigenvalue weighted by Gasteiger charge is 2.50. The number of aromatic nitrogens is 1. The van der Waals surface area contributed by atoms with Crippen molar-refractivity contribution in [3.8, 4) is 27.9 Å². The molecular formula is C100H84BN3Si2. The Hall–Kier alpha value is -11.8. The standard InChI is InChI=1S/C100H84BN3Si2/c1-69-52-54-72(55-53-69)88-61-70(2)60-87(71-34-16-9-17-35-71)98(88)104-94-59-57-74(100(6,7)8)63-90(94)101-89-62-73(99(3,4)5)56-58-93(89)103(95-66-76(67-96(104)97(95)101)102-91-50-32-30-48-85(91)86-49-31-33-51-92(86)102)75-64-83(105(77-36-18-10-19-37-77,78-38-20-11-21-39-78)79-40-22-12-23-41-79)68-84(65-75)106(80-42-24-13-25-43-80,81-44-26-14-27-45-81)82-46-28-15-29-47-82/h9-68H,1-8H3. The Kier molecular flexibility index (Phi) is 16.3. The van der Waals surface area contributed by atoms with E-state index in [-0.39, 0.29) is 17.5 Å². The quantitative estimate of drug-likeness (QED) is 0.0842. The molecule has 3 nitrogen and oxygen atoms in total. The molecule has 0 bridgehead atoms. The molecule has 6 heteroatoms. The van der Waals surface area contributed by atoms with Gasteiger partial charge < -0.3 is 14.4 Å². The predicted octanol–water partition coefficient (Wildman–Crippen LogP) is 18.2. The fraction of sp³-hybridized carbons (Fsp3) is 0.100. The number of anilines is 6. The highest BCUT2D eigenvalue weighted by molar-refractivity contribution is 7.22. The zero-order valence-electron chi connectivity index (χ0n) is 61.6. The summed E-state index contributed by atoms with van der Waals surface area (Å²) in [6.07, 6.45) is 0. The van der Waals surface area contributed by atoms with E-state index < -0.39 is 16.1 Å². The summed E-state index contributed by atoms with van der Waals surface area (Å²) in [4.78, 5) is 5.48. The van der Waals surface area contributed by atoms with Gasteiger partial charge in [-0.25, -0.2) is 0 Å². The van der Waals surface area contributed by atoms with Gasteiger partial charge in [-0.2, -0.15) is 0 Å². The van der Waals surface area contributed by atoms with Crippen molar-refractivity contribution in [2.45, 2.75) is 66.2 Å². The van der Waals surface area contributed by atoms with Crippen LogP contribution < -0.4 is 67.7 Å². The van der Waals surface area contributed by atoms with Gasteiger partial charge in [0.05, 0.1) is 22.4 Å². The molecule has 0 fully saturated rings. The van der Waals surface area contributed by atoms with E-state index in [0.29, 0.717) is 0 Å². The molecule has 0 unspecified atom stereocenters. The Balaban J connectivity index is 1.07. The van der Waals surface area contributed by atoms with E-state index in [2.05, 4.69) is 434 Å². The lowest BCUT2D eigenvalue weighted by Crippen LogP contribution is -2.78. The van der Waals surface area contributed by atoms with Crippen molar-refractivity contribution in [3.63, 3.8) is 0 Å². The van der Waals surface area contributed by atoms with Gasteiger partial charge in [0.1, 0.15) is 0 Å². The third-order valence-corrected chi connectivity index (χ3v) is 32.3. The minimum Gasteiger partial charge on any atom is -0.311 e. The summed E-state index contributed by atoms with van der Waals surface area (Å²) < 4.78 is 2.57. The molecule has 0 atom stereocenters. The van der Waals surface area contributed by atoms with Crippen LogP contribution in [0.1, 0.15) is 63.8 Å². The molecule has 0 saturated carbocycles. The van der Waals surface area contributed by atoms with Gasteiger partial charge in [-0.15, -0.1) is 0 Å². The Morgan fingerprint density at radius 2 is 0.623 bits per heavy atom. The fourth-order valence-electron chi connectivity index (χ4n) is 17.9. The molecule has 106 heavy (non-hydrogen) atoms. The maximum atomic E-state index is 2.76. The third-order valence-electron chi connectivity index (χ3n) is 22.8. The number of nitrogens with zero attached hydrogens (tertiary/aromatic N) is 3. The second-order valence-corrected chi connectivity index (χ2v) is 38.9. The first kappa shape index (κ1) is 66.2. The van der Waals surface area contributed by atoms with Gasteiger partial charge in [0.15, 0.2) is 16.1 Å². The van der Waals surface area contributed by atoms with Crippen molar-refractivity contribution in [1.29, 1.82) is 0 Å². The van der Waals surface area contributed by atoms with E-state index in [9.17, 15) is 0 Å². The molecule has 1 aromatic heterocycles. The summed E-state index contributed by atoms with van der Waals surface area (Å²) in [6, 6.07) is 141. The minimum atomic E-state index is -3.39. The van der Waals surface area contributed by atoms with Crippen LogP contribution in [0.25, 0.3) is 49.7 Å². The average molecular weight is 1390 g/mol. The van der Waals surface area contributed by atoms with E-state index >= 15 is 0 Å². The van der Waals surface area contributed by atoms with Crippen LogP contribution in [0.4, 0.5) is 34.1 Å². The van der Waals surface area contributed by atoms with E-state index in [0.717, 1.165) is 50.7 Å². The number of hydrogen-bond acceptors (Lipinski definition) is 2. The third kappa shape index (κ3) is 10.8. The SMILES string of the molecule is Cc1ccc(-c2cc(C)cc(-c3ccccc3)c2N2c3ccc(C(C)(C)C)cc3B3c4cc(C(C)(C)C)ccc4N(c4cc([Si](c5ccccc5)(c5ccccc5)c5ccccc5)cc([Si](c5ccccc5)(c5ccccc5)c5ccccc5)c4)c4cc(-n5c6ccccc6c6ccccc65)cc2c43)cc1. The van der Waals surface area contributed by atoms with Gasteiger partial charge in [0.2, 0.25) is 0 Å². The average Bonchev–Trinajstić information content (AvgIpc) is 0.826. The van der Waals surface area contributed by atoms with Crippen molar-refractivity contribution in [1.82, 2.24) is 4.57 Å². The van der Waals surface area contributed by atoms with Gasteiger partial charge in [0, 0.05) is 50.3 Å². The molecule has 16 aromatic rings. The van der Waals surface area contributed by atoms with Gasteiger partial charge >= 0.3 is 0 Å². The largest absolute Gasteiger partial charge is 0.311 e. The second-order valence-electron chi connectivity index (χ2n) is 31.3. The van der Waals surface area contributed by atoms with E-state index in [4.69, 9.17) is 0 Å². The van der Waals surface area contributed by atoms with Crippen molar-refractivity contribution < 1.29 is 0 Å². The van der Waals surface area contributed by atoms with Crippen molar-refractivity contribution in [2.24, 2.45) is 0 Å². The molecule has 15 aromatic carbocycles. The molecule has 0 N–H and O–H groups in total. The molecule has 0 radical (unpaired) electrons. The van der Waals surface area contributed by atoms with Crippen LogP contribution in [-0.2, 0) is 10.8 Å². The lowest BCUT2D eigenvalue weighted by molar-refractivity contribution is 0.590. The molecule has 2 aliphatic rings. The highest BCUT2D eigenvalue weighted by Crippen LogP contribution is 2.52. The predicted molar refractivity (Wildman–Crippen MR) is 460 cm³/mol. The Morgan fingerprint density at radius 3 is 1.02 bits per heavy atom. The zero-order chi connectivity index (χ0) is 72.1. The molecule has 0 aliphatic carbocycles. The Bertz CT molecular complexity index is 5600. The van der Waals surface area contributed by atoms with E-state index in [1.807, 2.05) is 0 Å². The van der Waals surface area contributed by atoms with Crippen molar-refractivity contribution in [2.75, 3.05) is 9.80 Å². The van der Waals surface area contributed by atoms with Crippen molar-refractivity contribution in [3.05, 3.63) is 386 Å². The topological polar surface area (TPSA) is 11.4 Å². The molecular weight excluding hydrogens is 1310 g/mol. The molecule has 510 valence electrons. The summed E-state index contributed by atoms with van der Waals surface area (Å²) in [5.41, 5.74) is 23.4. The van der Waals surface area contributed by atoms with E-state index in [1.54, 1.807) is 0 Å².